The molecule has 4 nitrogen and oxygen atoms in total. The lowest BCUT2D eigenvalue weighted by Gasteiger charge is -2.39. The van der Waals surface area contributed by atoms with Crippen molar-refractivity contribution in [2.75, 3.05) is 31.1 Å². The van der Waals surface area contributed by atoms with Crippen LogP contribution in [-0.2, 0) is 0 Å². The predicted octanol–water partition coefficient (Wildman–Crippen LogP) is 4.34. The Kier molecular flexibility index (Phi) is 4.80. The predicted molar refractivity (Wildman–Crippen MR) is 107 cm³/mol. The summed E-state index contributed by atoms with van der Waals surface area (Å²) in [6.07, 6.45) is 3.20. The SMILES string of the molecule is N#Cc1ccc(N2CCC3(CCN(C(=O)c4ccccc4)CC3)C2)cc1Cl. The summed E-state index contributed by atoms with van der Waals surface area (Å²) < 4.78 is 0. The van der Waals surface area contributed by atoms with Crippen molar-refractivity contribution in [1.82, 2.24) is 4.90 Å². The number of nitriles is 1. The van der Waals surface area contributed by atoms with E-state index in [-0.39, 0.29) is 11.3 Å². The summed E-state index contributed by atoms with van der Waals surface area (Å²) in [7, 11) is 0. The zero-order valence-electron chi connectivity index (χ0n) is 15.2. The topological polar surface area (TPSA) is 47.3 Å². The molecule has 5 heteroatoms. The third kappa shape index (κ3) is 3.52. The molecule has 0 bridgehead atoms. The van der Waals surface area contributed by atoms with Crippen molar-refractivity contribution in [3.63, 3.8) is 0 Å². The summed E-state index contributed by atoms with van der Waals surface area (Å²) in [5.74, 6) is 0.138. The first-order chi connectivity index (χ1) is 13.1. The number of anilines is 1. The maximum atomic E-state index is 12.7. The number of carbonyl (C=O) groups is 1. The zero-order chi connectivity index (χ0) is 18.9. The first-order valence-corrected chi connectivity index (χ1v) is 9.77. The average molecular weight is 380 g/mol. The number of benzene rings is 2. The van der Waals surface area contributed by atoms with Gasteiger partial charge in [0.05, 0.1) is 10.6 Å². The van der Waals surface area contributed by atoms with Gasteiger partial charge < -0.3 is 9.80 Å². The molecule has 1 spiro atoms. The molecule has 0 saturated carbocycles. The molecular formula is C22H22ClN3O. The van der Waals surface area contributed by atoms with Gasteiger partial charge in [0, 0.05) is 37.4 Å². The summed E-state index contributed by atoms with van der Waals surface area (Å²) in [5.41, 5.74) is 2.64. The van der Waals surface area contributed by atoms with Gasteiger partial charge in [0.1, 0.15) is 6.07 Å². The van der Waals surface area contributed by atoms with Crippen molar-refractivity contribution in [2.45, 2.75) is 19.3 Å². The van der Waals surface area contributed by atoms with Crippen molar-refractivity contribution >= 4 is 23.2 Å². The number of nitrogens with zero attached hydrogens (tertiary/aromatic N) is 3. The Balaban J connectivity index is 1.40. The van der Waals surface area contributed by atoms with E-state index in [0.717, 1.165) is 56.7 Å². The van der Waals surface area contributed by atoms with Crippen LogP contribution in [0.25, 0.3) is 0 Å². The lowest BCUT2D eigenvalue weighted by molar-refractivity contribution is 0.0610. The molecule has 0 radical (unpaired) electrons. The van der Waals surface area contributed by atoms with Crippen LogP contribution in [0.2, 0.25) is 5.02 Å². The number of hydrogen-bond acceptors (Lipinski definition) is 3. The van der Waals surface area contributed by atoms with Crippen LogP contribution in [0, 0.1) is 16.7 Å². The molecule has 2 aromatic rings. The molecule has 1 amide bonds. The first-order valence-electron chi connectivity index (χ1n) is 9.39. The van der Waals surface area contributed by atoms with Gasteiger partial charge in [0.2, 0.25) is 0 Å². The highest BCUT2D eigenvalue weighted by molar-refractivity contribution is 6.32. The third-order valence-electron chi connectivity index (χ3n) is 6.01. The molecule has 2 aromatic carbocycles. The molecule has 2 heterocycles. The summed E-state index contributed by atoms with van der Waals surface area (Å²) in [6.45, 7) is 3.61. The van der Waals surface area contributed by atoms with Gasteiger partial charge in [-0.1, -0.05) is 29.8 Å². The molecule has 2 fully saturated rings. The maximum absolute atomic E-state index is 12.7. The highest BCUT2D eigenvalue weighted by Gasteiger charge is 2.41. The number of rotatable bonds is 2. The minimum absolute atomic E-state index is 0.138. The van der Waals surface area contributed by atoms with Crippen LogP contribution in [-0.4, -0.2) is 37.0 Å². The summed E-state index contributed by atoms with van der Waals surface area (Å²) in [5, 5.41) is 9.56. The Morgan fingerprint density at radius 1 is 1.04 bits per heavy atom. The van der Waals surface area contributed by atoms with E-state index in [1.807, 2.05) is 47.4 Å². The van der Waals surface area contributed by atoms with E-state index in [4.69, 9.17) is 16.9 Å². The van der Waals surface area contributed by atoms with Crippen LogP contribution >= 0.6 is 11.6 Å². The van der Waals surface area contributed by atoms with E-state index >= 15 is 0 Å². The molecule has 0 aliphatic carbocycles. The molecule has 2 aliphatic heterocycles. The van der Waals surface area contributed by atoms with Crippen LogP contribution in [0.5, 0.6) is 0 Å². The molecule has 27 heavy (non-hydrogen) atoms. The molecule has 0 unspecified atom stereocenters. The van der Waals surface area contributed by atoms with Crippen LogP contribution in [0.15, 0.2) is 48.5 Å². The van der Waals surface area contributed by atoms with E-state index in [1.165, 1.54) is 0 Å². The fraction of sp³-hybridized carbons (Fsp3) is 0.364. The quantitative estimate of drug-likeness (QED) is 0.779. The number of carbonyl (C=O) groups excluding carboxylic acids is 1. The van der Waals surface area contributed by atoms with Gasteiger partial charge >= 0.3 is 0 Å². The molecule has 0 N–H and O–H groups in total. The Morgan fingerprint density at radius 3 is 2.41 bits per heavy atom. The minimum Gasteiger partial charge on any atom is -0.371 e. The smallest absolute Gasteiger partial charge is 0.253 e. The normalized spacial score (nSPS) is 18.5. The highest BCUT2D eigenvalue weighted by atomic mass is 35.5. The Morgan fingerprint density at radius 2 is 1.74 bits per heavy atom. The maximum Gasteiger partial charge on any atom is 0.253 e. The second-order valence-electron chi connectivity index (χ2n) is 7.61. The van der Waals surface area contributed by atoms with Crippen molar-refractivity contribution in [3.05, 3.63) is 64.7 Å². The molecule has 4 rings (SSSR count). The molecule has 0 atom stereocenters. The van der Waals surface area contributed by atoms with Crippen LogP contribution in [0.3, 0.4) is 0 Å². The van der Waals surface area contributed by atoms with E-state index in [9.17, 15) is 4.79 Å². The Labute approximate surface area is 165 Å². The monoisotopic (exact) mass is 379 g/mol. The summed E-state index contributed by atoms with van der Waals surface area (Å²) in [4.78, 5) is 17.0. The van der Waals surface area contributed by atoms with Gasteiger partial charge in [-0.3, -0.25) is 4.79 Å². The van der Waals surface area contributed by atoms with Crippen LogP contribution in [0.1, 0.15) is 35.2 Å². The van der Waals surface area contributed by atoms with E-state index in [2.05, 4.69) is 11.0 Å². The van der Waals surface area contributed by atoms with Gasteiger partial charge in [0.25, 0.3) is 5.91 Å². The van der Waals surface area contributed by atoms with Gasteiger partial charge in [-0.25, -0.2) is 0 Å². The van der Waals surface area contributed by atoms with Crippen molar-refractivity contribution < 1.29 is 4.79 Å². The number of hydrogen-bond donors (Lipinski definition) is 0. The third-order valence-corrected chi connectivity index (χ3v) is 6.32. The van der Waals surface area contributed by atoms with E-state index < -0.39 is 0 Å². The zero-order valence-corrected chi connectivity index (χ0v) is 16.0. The largest absolute Gasteiger partial charge is 0.371 e. The minimum atomic E-state index is 0.138. The number of piperidine rings is 1. The standard InChI is InChI=1S/C22H22ClN3O/c23-20-14-19(7-6-18(20)15-24)26-13-10-22(16-26)8-11-25(12-9-22)21(27)17-4-2-1-3-5-17/h1-7,14H,8-13,16H2. The van der Waals surface area contributed by atoms with Crippen LogP contribution < -0.4 is 4.90 Å². The number of likely N-dealkylation sites (tertiary alicyclic amines) is 1. The highest BCUT2D eigenvalue weighted by Crippen LogP contribution is 2.42. The molecule has 0 aromatic heterocycles. The second kappa shape index (κ2) is 7.25. The van der Waals surface area contributed by atoms with Gasteiger partial charge in [0.15, 0.2) is 0 Å². The molecule has 2 aliphatic rings. The number of halogens is 1. The van der Waals surface area contributed by atoms with Gasteiger partial charge in [-0.2, -0.15) is 5.26 Å². The molecular weight excluding hydrogens is 358 g/mol. The van der Waals surface area contributed by atoms with Crippen molar-refractivity contribution in [3.8, 4) is 6.07 Å². The van der Waals surface area contributed by atoms with E-state index in [0.29, 0.717) is 10.6 Å². The lowest BCUT2D eigenvalue weighted by Crippen LogP contribution is -2.44. The van der Waals surface area contributed by atoms with E-state index in [1.54, 1.807) is 6.07 Å². The first kappa shape index (κ1) is 17.9. The summed E-state index contributed by atoms with van der Waals surface area (Å²) in [6, 6.07) is 17.3. The van der Waals surface area contributed by atoms with Gasteiger partial charge in [-0.05, 0) is 55.0 Å². The fourth-order valence-corrected chi connectivity index (χ4v) is 4.52. The Hall–Kier alpha value is -2.51. The molecule has 2 saturated heterocycles. The lowest BCUT2D eigenvalue weighted by atomic mass is 9.77. The Bertz CT molecular complexity index is 882. The molecule has 138 valence electrons. The average Bonchev–Trinajstić information content (AvgIpc) is 3.12. The van der Waals surface area contributed by atoms with Crippen molar-refractivity contribution in [1.29, 1.82) is 5.26 Å². The van der Waals surface area contributed by atoms with Gasteiger partial charge in [-0.15, -0.1) is 0 Å². The second-order valence-corrected chi connectivity index (χ2v) is 8.01. The number of amides is 1. The van der Waals surface area contributed by atoms with Crippen LogP contribution in [0.4, 0.5) is 5.69 Å². The summed E-state index contributed by atoms with van der Waals surface area (Å²) >= 11 is 6.20. The fourth-order valence-electron chi connectivity index (χ4n) is 4.30. The van der Waals surface area contributed by atoms with Crippen molar-refractivity contribution in [2.24, 2.45) is 5.41 Å².